The summed E-state index contributed by atoms with van der Waals surface area (Å²) in [6.45, 7) is -0.250. The Morgan fingerprint density at radius 2 is 1.00 bits per heavy atom. The maximum atomic E-state index is 8.49. The smallest absolute Gasteiger partial charge is 0.394 e. The molecule has 0 aromatic rings. The Morgan fingerprint density at radius 1 is 0.900 bits per heavy atom. The molecule has 10 heavy (non-hydrogen) atoms. The normalized spacial score (nSPS) is 9.00. The van der Waals surface area contributed by atoms with E-state index in [1.807, 2.05) is 0 Å². The minimum atomic E-state index is -4.94. The summed E-state index contributed by atoms with van der Waals surface area (Å²) >= 11 is 0. The van der Waals surface area contributed by atoms with Crippen LogP contribution in [0.15, 0.2) is 0 Å². The van der Waals surface area contributed by atoms with Gasteiger partial charge in [0.1, 0.15) is 0 Å². The van der Waals surface area contributed by atoms with Crippen molar-refractivity contribution in [2.24, 2.45) is 0 Å². The number of aliphatic hydroxyl groups excluding tert-OH is 2. The van der Waals surface area contributed by atoms with Crippen LogP contribution in [0.5, 0.6) is 0 Å². The SMILES string of the molecule is OCCO.[Na+].[O-][Cl+3]([O-])([O-])[O-]. The average Bonchev–Trinajstić information content (AvgIpc) is 1.61. The molecule has 0 bridgehead atoms. The molecular weight excluding hydrogens is 178 g/mol. The third kappa shape index (κ3) is 140. The predicted octanol–water partition coefficient (Wildman–Crippen LogP) is -8.78. The van der Waals surface area contributed by atoms with Crippen LogP contribution in [0.3, 0.4) is 0 Å². The first kappa shape index (κ1) is 17.2. The van der Waals surface area contributed by atoms with E-state index in [9.17, 15) is 0 Å². The number of hydrogen-bond acceptors (Lipinski definition) is 6. The molecule has 0 heterocycles. The van der Waals surface area contributed by atoms with Crippen LogP contribution in [-0.2, 0) is 0 Å². The Bertz CT molecular complexity index is 46.2. The molecule has 0 aliphatic heterocycles. The molecule has 0 amide bonds. The third-order valence-electron chi connectivity index (χ3n) is 0.1000. The maximum absolute atomic E-state index is 8.49. The van der Waals surface area contributed by atoms with Crippen LogP contribution in [-0.4, -0.2) is 23.4 Å². The van der Waals surface area contributed by atoms with E-state index in [1.165, 1.54) is 0 Å². The molecular formula is C2H6ClNaO6. The van der Waals surface area contributed by atoms with Gasteiger partial charge in [-0.1, -0.05) is 0 Å². The summed E-state index contributed by atoms with van der Waals surface area (Å²) in [6, 6.07) is 0. The van der Waals surface area contributed by atoms with Gasteiger partial charge in [-0.25, -0.2) is 18.6 Å². The van der Waals surface area contributed by atoms with Gasteiger partial charge in [0.2, 0.25) is 0 Å². The molecule has 2 N–H and O–H groups in total. The second-order valence-corrected chi connectivity index (χ2v) is 1.58. The molecule has 58 valence electrons. The number of rotatable bonds is 1. The molecule has 6 nitrogen and oxygen atoms in total. The van der Waals surface area contributed by atoms with Crippen molar-refractivity contribution in [2.45, 2.75) is 0 Å². The topological polar surface area (TPSA) is 133 Å². The average molecular weight is 185 g/mol. The molecule has 0 saturated carbocycles. The van der Waals surface area contributed by atoms with Gasteiger partial charge in [0.05, 0.1) is 13.2 Å². The molecule has 0 fully saturated rings. The summed E-state index contributed by atoms with van der Waals surface area (Å²) in [5.74, 6) is 0. The quantitative estimate of drug-likeness (QED) is 0.389. The van der Waals surface area contributed by atoms with E-state index in [4.69, 9.17) is 28.8 Å². The van der Waals surface area contributed by atoms with Crippen molar-refractivity contribution in [3.05, 3.63) is 0 Å². The van der Waals surface area contributed by atoms with Gasteiger partial charge < -0.3 is 10.2 Å². The Labute approximate surface area is 81.7 Å². The fraction of sp³-hybridized carbons (Fsp3) is 1.00. The largest absolute Gasteiger partial charge is 1.00 e. The van der Waals surface area contributed by atoms with E-state index in [0.717, 1.165) is 0 Å². The number of aliphatic hydroxyl groups is 2. The Kier molecular flexibility index (Phi) is 17.3. The molecule has 0 spiro atoms. The van der Waals surface area contributed by atoms with Crippen LogP contribution >= 0.6 is 0 Å². The standard InChI is InChI=1S/C2H6O2.ClHO4.Na/c3-1-2-4;2-1(3,4)5;/h3-4H,1-2H2;(H,2,3,4,5);/q;;+1/p-1. The number of halogens is 1. The zero-order valence-electron chi connectivity index (χ0n) is 5.32. The van der Waals surface area contributed by atoms with E-state index in [1.54, 1.807) is 0 Å². The zero-order valence-corrected chi connectivity index (χ0v) is 8.08. The zero-order chi connectivity index (χ0) is 7.91. The monoisotopic (exact) mass is 184 g/mol. The van der Waals surface area contributed by atoms with E-state index in [-0.39, 0.29) is 42.8 Å². The fourth-order valence-electron chi connectivity index (χ4n) is 0. The van der Waals surface area contributed by atoms with Crippen molar-refractivity contribution >= 4 is 0 Å². The van der Waals surface area contributed by atoms with Crippen LogP contribution in [0, 0.1) is 10.2 Å². The first-order valence-corrected chi connectivity index (χ1v) is 2.98. The molecule has 0 aliphatic rings. The van der Waals surface area contributed by atoms with Crippen molar-refractivity contribution in [3.63, 3.8) is 0 Å². The van der Waals surface area contributed by atoms with Crippen LogP contribution in [0.2, 0.25) is 0 Å². The predicted molar refractivity (Wildman–Crippen MR) is 14.2 cm³/mol. The molecule has 0 aliphatic carbocycles. The summed E-state index contributed by atoms with van der Waals surface area (Å²) < 4.78 is 34.0. The Hall–Kier alpha value is 1.05. The molecule has 0 aromatic carbocycles. The van der Waals surface area contributed by atoms with Gasteiger partial charge in [-0.2, -0.15) is 0 Å². The molecule has 0 aromatic heterocycles. The number of hydrogen-bond donors (Lipinski definition) is 2. The first-order valence-electron chi connectivity index (χ1n) is 1.75. The summed E-state index contributed by atoms with van der Waals surface area (Å²) in [4.78, 5) is 0. The summed E-state index contributed by atoms with van der Waals surface area (Å²) in [5.41, 5.74) is 0. The molecule has 0 saturated heterocycles. The van der Waals surface area contributed by atoms with E-state index < -0.39 is 10.2 Å². The second kappa shape index (κ2) is 10.0. The van der Waals surface area contributed by atoms with Gasteiger partial charge in [0, 0.05) is 0 Å². The molecule has 0 unspecified atom stereocenters. The Balaban J connectivity index is -0.0000000910. The van der Waals surface area contributed by atoms with E-state index >= 15 is 0 Å². The fourth-order valence-corrected chi connectivity index (χ4v) is 0. The minimum Gasteiger partial charge on any atom is -0.394 e. The van der Waals surface area contributed by atoms with E-state index in [2.05, 4.69) is 0 Å². The Morgan fingerprint density at radius 3 is 1.00 bits per heavy atom. The van der Waals surface area contributed by atoms with Gasteiger partial charge >= 0.3 is 29.6 Å². The van der Waals surface area contributed by atoms with Crippen molar-refractivity contribution in [2.75, 3.05) is 13.2 Å². The van der Waals surface area contributed by atoms with Crippen LogP contribution < -0.4 is 48.2 Å². The molecule has 0 atom stereocenters. The van der Waals surface area contributed by atoms with Gasteiger partial charge in [-0.15, -0.1) is 10.2 Å². The summed E-state index contributed by atoms with van der Waals surface area (Å²) in [5, 5.41) is 15.2. The minimum absolute atomic E-state index is 0. The van der Waals surface area contributed by atoms with Gasteiger partial charge in [-0.05, 0) is 0 Å². The second-order valence-electron chi connectivity index (χ2n) is 0.825. The molecule has 0 rings (SSSR count). The van der Waals surface area contributed by atoms with Crippen molar-refractivity contribution in [3.8, 4) is 0 Å². The van der Waals surface area contributed by atoms with E-state index in [0.29, 0.717) is 0 Å². The van der Waals surface area contributed by atoms with Gasteiger partial charge in [-0.3, -0.25) is 0 Å². The van der Waals surface area contributed by atoms with Crippen molar-refractivity contribution in [1.82, 2.24) is 0 Å². The molecule has 8 heteroatoms. The third-order valence-corrected chi connectivity index (χ3v) is 0.1000. The molecule has 0 radical (unpaired) electrons. The summed E-state index contributed by atoms with van der Waals surface area (Å²) in [6.07, 6.45) is 0. The van der Waals surface area contributed by atoms with Crippen LogP contribution in [0.4, 0.5) is 0 Å². The van der Waals surface area contributed by atoms with Crippen LogP contribution in [0.1, 0.15) is 0 Å². The van der Waals surface area contributed by atoms with Crippen molar-refractivity contribution < 1.29 is 68.6 Å². The van der Waals surface area contributed by atoms with Gasteiger partial charge in [0.25, 0.3) is 0 Å². The maximum Gasteiger partial charge on any atom is 1.00 e. The van der Waals surface area contributed by atoms with Gasteiger partial charge in [0.15, 0.2) is 0 Å². The van der Waals surface area contributed by atoms with Crippen molar-refractivity contribution in [1.29, 1.82) is 0 Å². The van der Waals surface area contributed by atoms with Crippen LogP contribution in [0.25, 0.3) is 0 Å². The first-order chi connectivity index (χ1) is 3.91. The summed E-state index contributed by atoms with van der Waals surface area (Å²) in [7, 11) is -4.94.